The number of rotatable bonds is 7. The lowest BCUT2D eigenvalue weighted by atomic mass is 10.1. The molecule has 1 aliphatic rings. The fourth-order valence-electron chi connectivity index (χ4n) is 3.74. The van der Waals surface area contributed by atoms with Crippen molar-refractivity contribution in [2.24, 2.45) is 4.99 Å². The third kappa shape index (κ3) is 4.65. The molecule has 0 saturated heterocycles. The number of ether oxygens (including phenoxy) is 2. The number of methoxy groups -OCH3 is 1. The second kappa shape index (κ2) is 9.14. The van der Waals surface area contributed by atoms with Gasteiger partial charge in [-0.1, -0.05) is 12.1 Å². The average molecular weight is 461 g/mol. The van der Waals surface area contributed by atoms with Crippen LogP contribution in [0.3, 0.4) is 0 Å². The van der Waals surface area contributed by atoms with Crippen LogP contribution in [-0.2, 0) is 27.1 Å². The SMILES string of the molecule is CCOC(=O)CCn1ccc2c(C3N=C(c4ccc(OC)c(C(F)(F)F)c4)ON3)cccc21. The molecule has 3 aromatic rings. The maximum absolute atomic E-state index is 13.4. The molecule has 174 valence electrons. The van der Waals surface area contributed by atoms with Gasteiger partial charge in [0.25, 0.3) is 0 Å². The van der Waals surface area contributed by atoms with Gasteiger partial charge in [0.1, 0.15) is 5.75 Å². The highest BCUT2D eigenvalue weighted by molar-refractivity contribution is 5.96. The molecule has 4 rings (SSSR count). The number of carbonyl (C=O) groups is 1. The Bertz CT molecular complexity index is 1200. The van der Waals surface area contributed by atoms with Crippen molar-refractivity contribution in [3.05, 3.63) is 65.4 Å². The zero-order valence-corrected chi connectivity index (χ0v) is 18.0. The molecule has 33 heavy (non-hydrogen) atoms. The number of nitrogens with zero attached hydrogens (tertiary/aromatic N) is 2. The highest BCUT2D eigenvalue weighted by Crippen LogP contribution is 2.37. The number of aryl methyl sites for hydroxylation is 1. The summed E-state index contributed by atoms with van der Waals surface area (Å²) in [4.78, 5) is 21.6. The van der Waals surface area contributed by atoms with E-state index in [1.54, 1.807) is 6.92 Å². The van der Waals surface area contributed by atoms with E-state index in [0.29, 0.717) is 13.2 Å². The van der Waals surface area contributed by atoms with E-state index in [1.807, 2.05) is 35.0 Å². The minimum absolute atomic E-state index is 0.0481. The summed E-state index contributed by atoms with van der Waals surface area (Å²) in [6.07, 6.45) is -3.08. The maximum atomic E-state index is 13.4. The van der Waals surface area contributed by atoms with E-state index >= 15 is 0 Å². The highest BCUT2D eigenvalue weighted by Gasteiger charge is 2.35. The van der Waals surface area contributed by atoms with E-state index in [9.17, 15) is 18.0 Å². The van der Waals surface area contributed by atoms with Crippen LogP contribution in [0.25, 0.3) is 10.9 Å². The summed E-state index contributed by atoms with van der Waals surface area (Å²) in [6.45, 7) is 2.55. The topological polar surface area (TPSA) is 74.1 Å². The predicted molar refractivity (Wildman–Crippen MR) is 115 cm³/mol. The van der Waals surface area contributed by atoms with Crippen molar-refractivity contribution < 1.29 is 32.3 Å². The molecule has 7 nitrogen and oxygen atoms in total. The van der Waals surface area contributed by atoms with Crippen molar-refractivity contribution in [3.63, 3.8) is 0 Å². The first kappa shape index (κ1) is 22.7. The number of carbonyl (C=O) groups excluding carboxylic acids is 1. The van der Waals surface area contributed by atoms with Crippen LogP contribution in [0.5, 0.6) is 5.75 Å². The Morgan fingerprint density at radius 2 is 2.06 bits per heavy atom. The molecule has 0 radical (unpaired) electrons. The second-order valence-electron chi connectivity index (χ2n) is 7.31. The molecule has 0 aliphatic carbocycles. The van der Waals surface area contributed by atoms with Gasteiger partial charge in [-0.3, -0.25) is 4.79 Å². The molecule has 0 saturated carbocycles. The molecule has 1 aliphatic heterocycles. The molecular weight excluding hydrogens is 439 g/mol. The molecule has 0 spiro atoms. The van der Waals surface area contributed by atoms with E-state index in [4.69, 9.17) is 14.3 Å². The summed E-state index contributed by atoms with van der Waals surface area (Å²) >= 11 is 0. The standard InChI is InChI=1S/C23H22F3N3O4/c1-3-32-20(30)10-12-29-11-9-15-16(5-4-6-18(15)29)21-27-22(33-28-21)14-7-8-19(31-2)17(13-14)23(24,25)26/h4-9,11,13,21,28H,3,10,12H2,1-2H3. The van der Waals surface area contributed by atoms with Gasteiger partial charge in [-0.25, -0.2) is 4.99 Å². The van der Waals surface area contributed by atoms with Gasteiger partial charge >= 0.3 is 12.1 Å². The van der Waals surface area contributed by atoms with Gasteiger partial charge in [-0.2, -0.15) is 13.2 Å². The molecule has 10 heteroatoms. The van der Waals surface area contributed by atoms with Gasteiger partial charge in [-0.15, -0.1) is 5.48 Å². The number of hydrogen-bond donors (Lipinski definition) is 1. The van der Waals surface area contributed by atoms with Crippen molar-refractivity contribution >= 4 is 22.8 Å². The Labute approximate surface area is 187 Å². The molecule has 2 aromatic carbocycles. The Kier molecular flexibility index (Phi) is 6.28. The van der Waals surface area contributed by atoms with Crippen molar-refractivity contribution in [3.8, 4) is 5.75 Å². The highest BCUT2D eigenvalue weighted by atomic mass is 19.4. The van der Waals surface area contributed by atoms with Crippen LogP contribution in [0.15, 0.2) is 53.7 Å². The molecule has 0 bridgehead atoms. The molecule has 0 amide bonds. The fourth-order valence-corrected chi connectivity index (χ4v) is 3.74. The average Bonchev–Trinajstić information content (AvgIpc) is 3.44. The number of alkyl halides is 3. The van der Waals surface area contributed by atoms with Crippen LogP contribution in [0, 0.1) is 0 Å². The Balaban J connectivity index is 1.61. The summed E-state index contributed by atoms with van der Waals surface area (Å²) in [6, 6.07) is 11.2. The maximum Gasteiger partial charge on any atom is 0.419 e. The molecule has 1 aromatic heterocycles. The zero-order chi connectivity index (χ0) is 23.6. The number of hydroxylamine groups is 1. The lowest BCUT2D eigenvalue weighted by Gasteiger charge is -2.13. The lowest BCUT2D eigenvalue weighted by Crippen LogP contribution is -2.15. The molecule has 1 N–H and O–H groups in total. The number of hydrogen-bond acceptors (Lipinski definition) is 6. The number of benzene rings is 2. The predicted octanol–water partition coefficient (Wildman–Crippen LogP) is 4.60. The van der Waals surface area contributed by atoms with Gasteiger partial charge in [0, 0.05) is 34.8 Å². The summed E-state index contributed by atoms with van der Waals surface area (Å²) in [5, 5.41) is 0.887. The van der Waals surface area contributed by atoms with Crippen molar-refractivity contribution in [2.45, 2.75) is 32.2 Å². The van der Waals surface area contributed by atoms with Crippen LogP contribution >= 0.6 is 0 Å². The number of halogens is 3. The van der Waals surface area contributed by atoms with Gasteiger partial charge < -0.3 is 18.9 Å². The van der Waals surface area contributed by atoms with E-state index in [-0.39, 0.29) is 29.6 Å². The van der Waals surface area contributed by atoms with Crippen molar-refractivity contribution in [1.29, 1.82) is 0 Å². The van der Waals surface area contributed by atoms with E-state index < -0.39 is 17.9 Å². The van der Waals surface area contributed by atoms with Gasteiger partial charge in [-0.05, 0) is 37.3 Å². The summed E-state index contributed by atoms with van der Waals surface area (Å²) in [7, 11) is 1.19. The van der Waals surface area contributed by atoms with Gasteiger partial charge in [0.15, 0.2) is 6.17 Å². The zero-order valence-electron chi connectivity index (χ0n) is 18.0. The molecule has 1 unspecified atom stereocenters. The Morgan fingerprint density at radius 1 is 1.24 bits per heavy atom. The summed E-state index contributed by atoms with van der Waals surface area (Å²) in [5.41, 5.74) is 3.74. The lowest BCUT2D eigenvalue weighted by molar-refractivity contribution is -0.143. The van der Waals surface area contributed by atoms with E-state index in [0.717, 1.165) is 22.5 Å². The van der Waals surface area contributed by atoms with Crippen molar-refractivity contribution in [1.82, 2.24) is 10.0 Å². The van der Waals surface area contributed by atoms with Crippen LogP contribution < -0.4 is 10.2 Å². The fraction of sp³-hybridized carbons (Fsp3) is 0.304. The van der Waals surface area contributed by atoms with Gasteiger partial charge in [0.2, 0.25) is 5.90 Å². The summed E-state index contributed by atoms with van der Waals surface area (Å²) < 4.78 is 51.9. The quantitative estimate of drug-likeness (QED) is 0.521. The third-order valence-corrected chi connectivity index (χ3v) is 5.27. The third-order valence-electron chi connectivity index (χ3n) is 5.27. The molecular formula is C23H22F3N3O4. The van der Waals surface area contributed by atoms with Crippen LogP contribution in [0.4, 0.5) is 13.2 Å². The summed E-state index contributed by atoms with van der Waals surface area (Å²) in [5.74, 6) is -0.497. The molecule has 1 atom stereocenters. The van der Waals surface area contributed by atoms with Crippen molar-refractivity contribution in [2.75, 3.05) is 13.7 Å². The number of aromatic nitrogens is 1. The number of fused-ring (bicyclic) bond motifs is 1. The van der Waals surface area contributed by atoms with E-state index in [2.05, 4.69) is 10.5 Å². The van der Waals surface area contributed by atoms with Crippen LogP contribution in [-0.4, -0.2) is 30.2 Å². The molecule has 2 heterocycles. The minimum atomic E-state index is -4.58. The number of nitrogens with one attached hydrogen (secondary N) is 1. The van der Waals surface area contributed by atoms with Gasteiger partial charge in [0.05, 0.1) is 25.7 Å². The van der Waals surface area contributed by atoms with E-state index in [1.165, 1.54) is 19.2 Å². The first-order chi connectivity index (χ1) is 15.8. The Morgan fingerprint density at radius 3 is 2.79 bits per heavy atom. The first-order valence-corrected chi connectivity index (χ1v) is 10.3. The Hall–Kier alpha value is -3.53. The van der Waals surface area contributed by atoms with Crippen LogP contribution in [0.1, 0.15) is 36.2 Å². The number of aliphatic imine (C=N–C) groups is 1. The normalized spacial score (nSPS) is 15.9. The largest absolute Gasteiger partial charge is 0.496 e. The molecule has 0 fully saturated rings. The minimum Gasteiger partial charge on any atom is -0.496 e. The smallest absolute Gasteiger partial charge is 0.419 e. The first-order valence-electron chi connectivity index (χ1n) is 10.3. The monoisotopic (exact) mass is 461 g/mol. The second-order valence-corrected chi connectivity index (χ2v) is 7.31. The number of esters is 1. The van der Waals surface area contributed by atoms with Crippen LogP contribution in [0.2, 0.25) is 0 Å².